The summed E-state index contributed by atoms with van der Waals surface area (Å²) in [7, 11) is 0. The van der Waals surface area contributed by atoms with Crippen LogP contribution in [0.3, 0.4) is 0 Å². The summed E-state index contributed by atoms with van der Waals surface area (Å²) in [6.07, 6.45) is 1.89. The molecular weight excluding hydrogens is 265 g/mol. The van der Waals surface area contributed by atoms with Crippen molar-refractivity contribution in [2.45, 2.75) is 19.9 Å². The maximum atomic E-state index is 13.0. The van der Waals surface area contributed by atoms with Crippen LogP contribution in [0, 0.1) is 5.82 Å². The van der Waals surface area contributed by atoms with Crippen LogP contribution in [0.25, 0.3) is 10.9 Å². The fraction of sp³-hybridized carbons (Fsp3) is 0.167. The number of rotatable bonds is 3. The average molecular weight is 281 g/mol. The minimum absolute atomic E-state index is 0.0781. The average Bonchev–Trinajstić information content (AvgIpc) is 2.87. The lowest BCUT2D eigenvalue weighted by Gasteiger charge is -2.08. The maximum Gasteiger partial charge on any atom is 0.195 e. The van der Waals surface area contributed by atoms with Crippen molar-refractivity contribution in [1.82, 2.24) is 4.57 Å². The van der Waals surface area contributed by atoms with E-state index in [-0.39, 0.29) is 17.6 Å². The van der Waals surface area contributed by atoms with Gasteiger partial charge in [0.1, 0.15) is 5.82 Å². The molecule has 0 aliphatic rings. The highest BCUT2D eigenvalue weighted by atomic mass is 19.1. The molecule has 21 heavy (non-hydrogen) atoms. The summed E-state index contributed by atoms with van der Waals surface area (Å²) in [4.78, 5) is 12.7. The zero-order valence-electron chi connectivity index (χ0n) is 12.0. The van der Waals surface area contributed by atoms with Crippen molar-refractivity contribution in [3.63, 3.8) is 0 Å². The Balaban J connectivity index is 2.16. The Hall–Kier alpha value is -2.42. The van der Waals surface area contributed by atoms with Crippen molar-refractivity contribution in [3.05, 3.63) is 71.7 Å². The normalized spacial score (nSPS) is 11.2. The zero-order chi connectivity index (χ0) is 15.0. The van der Waals surface area contributed by atoms with Crippen molar-refractivity contribution in [2.75, 3.05) is 0 Å². The molecule has 0 atom stereocenters. The Morgan fingerprint density at radius 2 is 1.71 bits per heavy atom. The third kappa shape index (κ3) is 2.35. The SMILES string of the molecule is CC(C)n1cc(C(=O)c2ccc(F)cc2)c2ccccc21. The van der Waals surface area contributed by atoms with E-state index in [0.717, 1.165) is 10.9 Å². The Labute approximate surface area is 122 Å². The summed E-state index contributed by atoms with van der Waals surface area (Å²) < 4.78 is 15.1. The molecule has 2 nitrogen and oxygen atoms in total. The number of halogens is 1. The predicted molar refractivity (Wildman–Crippen MR) is 82.2 cm³/mol. The van der Waals surface area contributed by atoms with E-state index in [2.05, 4.69) is 18.4 Å². The van der Waals surface area contributed by atoms with Gasteiger partial charge < -0.3 is 4.57 Å². The Bertz CT molecular complexity index is 800. The molecule has 0 spiro atoms. The molecule has 0 amide bonds. The number of fused-ring (bicyclic) bond motifs is 1. The van der Waals surface area contributed by atoms with Crippen LogP contribution in [0.5, 0.6) is 0 Å². The third-order valence-corrected chi connectivity index (χ3v) is 3.65. The van der Waals surface area contributed by atoms with E-state index < -0.39 is 0 Å². The van der Waals surface area contributed by atoms with E-state index in [1.807, 2.05) is 30.5 Å². The zero-order valence-corrected chi connectivity index (χ0v) is 12.0. The number of nitrogens with zero attached hydrogens (tertiary/aromatic N) is 1. The van der Waals surface area contributed by atoms with E-state index in [9.17, 15) is 9.18 Å². The fourth-order valence-corrected chi connectivity index (χ4v) is 2.57. The number of para-hydroxylation sites is 1. The summed E-state index contributed by atoms with van der Waals surface area (Å²) in [5.41, 5.74) is 2.20. The molecule has 0 radical (unpaired) electrons. The van der Waals surface area contributed by atoms with Crippen LogP contribution in [-0.4, -0.2) is 10.4 Å². The van der Waals surface area contributed by atoms with Crippen molar-refractivity contribution in [2.24, 2.45) is 0 Å². The van der Waals surface area contributed by atoms with Crippen molar-refractivity contribution in [3.8, 4) is 0 Å². The van der Waals surface area contributed by atoms with E-state index in [4.69, 9.17) is 0 Å². The lowest BCUT2D eigenvalue weighted by molar-refractivity contribution is 0.104. The van der Waals surface area contributed by atoms with Gasteiger partial charge in [-0.15, -0.1) is 0 Å². The molecule has 106 valence electrons. The molecular formula is C18H16FNO. The van der Waals surface area contributed by atoms with Gasteiger partial charge in [-0.2, -0.15) is 0 Å². The van der Waals surface area contributed by atoms with Gasteiger partial charge in [-0.3, -0.25) is 4.79 Å². The largest absolute Gasteiger partial charge is 0.344 e. The van der Waals surface area contributed by atoms with Gasteiger partial charge in [0.25, 0.3) is 0 Å². The minimum Gasteiger partial charge on any atom is -0.344 e. The van der Waals surface area contributed by atoms with Gasteiger partial charge in [0.05, 0.1) is 0 Å². The number of carbonyl (C=O) groups is 1. The van der Waals surface area contributed by atoms with Crippen LogP contribution in [0.1, 0.15) is 35.8 Å². The number of benzene rings is 2. The summed E-state index contributed by atoms with van der Waals surface area (Å²) in [6.45, 7) is 4.16. The van der Waals surface area contributed by atoms with Gasteiger partial charge >= 0.3 is 0 Å². The monoisotopic (exact) mass is 281 g/mol. The van der Waals surface area contributed by atoms with Gasteiger partial charge in [-0.05, 0) is 44.2 Å². The Morgan fingerprint density at radius 3 is 2.38 bits per heavy atom. The molecule has 0 fully saturated rings. The summed E-state index contributed by atoms with van der Waals surface area (Å²) >= 11 is 0. The van der Waals surface area contributed by atoms with E-state index in [1.54, 1.807) is 0 Å². The van der Waals surface area contributed by atoms with Crippen molar-refractivity contribution in [1.29, 1.82) is 0 Å². The fourth-order valence-electron chi connectivity index (χ4n) is 2.57. The smallest absolute Gasteiger partial charge is 0.195 e. The molecule has 0 bridgehead atoms. The summed E-state index contributed by atoms with van der Waals surface area (Å²) in [5, 5.41) is 0.931. The molecule has 3 heteroatoms. The van der Waals surface area contributed by atoms with Crippen molar-refractivity contribution < 1.29 is 9.18 Å². The molecule has 0 aliphatic carbocycles. The van der Waals surface area contributed by atoms with E-state index in [0.29, 0.717) is 11.1 Å². The molecule has 2 aromatic carbocycles. The van der Waals surface area contributed by atoms with Crippen LogP contribution in [0.4, 0.5) is 4.39 Å². The van der Waals surface area contributed by atoms with Crippen LogP contribution < -0.4 is 0 Å². The first-order valence-electron chi connectivity index (χ1n) is 6.98. The predicted octanol–water partition coefficient (Wildman–Crippen LogP) is 4.59. The molecule has 1 aromatic heterocycles. The number of ketones is 1. The highest BCUT2D eigenvalue weighted by Gasteiger charge is 2.17. The van der Waals surface area contributed by atoms with Gasteiger partial charge in [-0.1, -0.05) is 18.2 Å². The van der Waals surface area contributed by atoms with Crippen LogP contribution >= 0.6 is 0 Å². The standard InChI is InChI=1S/C18H16FNO/c1-12(2)20-11-16(15-5-3-4-6-17(15)20)18(21)13-7-9-14(19)10-8-13/h3-12H,1-2H3. The van der Waals surface area contributed by atoms with Gasteiger partial charge in [0.15, 0.2) is 5.78 Å². The summed E-state index contributed by atoms with van der Waals surface area (Å²) in [6, 6.07) is 13.8. The number of hydrogen-bond donors (Lipinski definition) is 0. The second-order valence-electron chi connectivity index (χ2n) is 5.40. The van der Waals surface area contributed by atoms with Crippen molar-refractivity contribution >= 4 is 16.7 Å². The molecule has 0 saturated heterocycles. The Morgan fingerprint density at radius 1 is 1.05 bits per heavy atom. The molecule has 3 rings (SSSR count). The molecule has 0 aliphatic heterocycles. The number of hydrogen-bond acceptors (Lipinski definition) is 1. The third-order valence-electron chi connectivity index (χ3n) is 3.65. The van der Waals surface area contributed by atoms with Crippen LogP contribution in [0.2, 0.25) is 0 Å². The second kappa shape index (κ2) is 5.17. The topological polar surface area (TPSA) is 22.0 Å². The quantitative estimate of drug-likeness (QED) is 0.643. The minimum atomic E-state index is -0.337. The number of aromatic nitrogens is 1. The number of carbonyl (C=O) groups excluding carboxylic acids is 1. The molecule has 3 aromatic rings. The lowest BCUT2D eigenvalue weighted by Crippen LogP contribution is -2.01. The van der Waals surface area contributed by atoms with Gasteiger partial charge in [-0.25, -0.2) is 4.39 Å². The van der Waals surface area contributed by atoms with Crippen LogP contribution in [0.15, 0.2) is 54.7 Å². The van der Waals surface area contributed by atoms with Gasteiger partial charge in [0.2, 0.25) is 0 Å². The van der Waals surface area contributed by atoms with E-state index >= 15 is 0 Å². The maximum absolute atomic E-state index is 13.0. The summed E-state index contributed by atoms with van der Waals surface area (Å²) in [5.74, 6) is -0.415. The molecule has 0 N–H and O–H groups in total. The van der Waals surface area contributed by atoms with Gasteiger partial charge in [0, 0.05) is 34.3 Å². The first-order valence-corrected chi connectivity index (χ1v) is 6.98. The molecule has 0 saturated carbocycles. The molecule has 0 unspecified atom stereocenters. The lowest BCUT2D eigenvalue weighted by atomic mass is 10.0. The highest BCUT2D eigenvalue weighted by molar-refractivity contribution is 6.16. The molecule has 1 heterocycles. The first kappa shape index (κ1) is 13.6. The first-order chi connectivity index (χ1) is 10.1. The highest BCUT2D eigenvalue weighted by Crippen LogP contribution is 2.26. The van der Waals surface area contributed by atoms with E-state index in [1.165, 1.54) is 24.3 Å². The van der Waals surface area contributed by atoms with Crippen LogP contribution in [-0.2, 0) is 0 Å². The Kier molecular flexibility index (Phi) is 3.34. The second-order valence-corrected chi connectivity index (χ2v) is 5.40.